The number of thiazole rings is 1. The Kier molecular flexibility index (Phi) is 6.73. The van der Waals surface area contributed by atoms with Crippen molar-refractivity contribution in [2.75, 3.05) is 51.3 Å². The molecule has 2 fully saturated rings. The predicted octanol–water partition coefficient (Wildman–Crippen LogP) is 4.06. The SMILES string of the molecule is COc1ccccc1N1CCN([C@@H]2CCCN(Cc3nc(C(C)C)cs3)C2)CC1. The third kappa shape index (κ3) is 4.93. The van der Waals surface area contributed by atoms with Gasteiger partial charge in [-0.2, -0.15) is 0 Å². The largest absolute Gasteiger partial charge is 0.495 e. The van der Waals surface area contributed by atoms with Crippen LogP contribution in [0.1, 0.15) is 43.3 Å². The molecule has 0 radical (unpaired) electrons. The Morgan fingerprint density at radius 3 is 2.66 bits per heavy atom. The first kappa shape index (κ1) is 20.6. The van der Waals surface area contributed by atoms with Crippen LogP contribution < -0.4 is 9.64 Å². The minimum atomic E-state index is 0.522. The minimum absolute atomic E-state index is 0.522. The van der Waals surface area contributed by atoms with Crippen molar-refractivity contribution < 1.29 is 4.74 Å². The van der Waals surface area contributed by atoms with E-state index in [1.165, 1.54) is 42.3 Å². The normalized spacial score (nSPS) is 21.7. The highest BCUT2D eigenvalue weighted by molar-refractivity contribution is 7.09. The van der Waals surface area contributed by atoms with Gasteiger partial charge in [0.1, 0.15) is 10.8 Å². The van der Waals surface area contributed by atoms with Gasteiger partial charge in [0.15, 0.2) is 0 Å². The van der Waals surface area contributed by atoms with E-state index in [-0.39, 0.29) is 0 Å². The van der Waals surface area contributed by atoms with Crippen molar-refractivity contribution in [3.8, 4) is 5.75 Å². The molecule has 0 bridgehead atoms. The second-order valence-electron chi connectivity index (χ2n) is 8.55. The van der Waals surface area contributed by atoms with Gasteiger partial charge in [0.05, 0.1) is 25.0 Å². The van der Waals surface area contributed by atoms with Crippen LogP contribution in [0.2, 0.25) is 0 Å². The van der Waals surface area contributed by atoms with Crippen LogP contribution in [0.4, 0.5) is 5.69 Å². The summed E-state index contributed by atoms with van der Waals surface area (Å²) in [5.74, 6) is 1.50. The number of rotatable bonds is 6. The van der Waals surface area contributed by atoms with E-state index in [2.05, 4.69) is 52.1 Å². The number of benzene rings is 1. The standard InChI is InChI=1S/C23H34N4OS/c1-18(2)20-17-29-23(24-20)16-25-10-6-7-19(15-25)26-11-13-27(14-12-26)21-8-4-5-9-22(21)28-3/h4-5,8-9,17-19H,6-7,10-16H2,1-3H3/t19-/m1/s1. The number of aromatic nitrogens is 1. The van der Waals surface area contributed by atoms with Gasteiger partial charge in [-0.25, -0.2) is 4.98 Å². The number of piperazine rings is 1. The van der Waals surface area contributed by atoms with Gasteiger partial charge >= 0.3 is 0 Å². The molecule has 1 aromatic heterocycles. The molecule has 29 heavy (non-hydrogen) atoms. The lowest BCUT2D eigenvalue weighted by molar-refractivity contribution is 0.0886. The molecule has 5 nitrogen and oxygen atoms in total. The van der Waals surface area contributed by atoms with Crippen molar-refractivity contribution in [1.29, 1.82) is 0 Å². The maximum atomic E-state index is 5.56. The third-order valence-electron chi connectivity index (χ3n) is 6.26. The summed E-state index contributed by atoms with van der Waals surface area (Å²) in [5, 5.41) is 3.51. The Bertz CT molecular complexity index is 785. The van der Waals surface area contributed by atoms with Crippen LogP contribution >= 0.6 is 11.3 Å². The topological polar surface area (TPSA) is 31.8 Å². The molecule has 6 heteroatoms. The van der Waals surface area contributed by atoms with Crippen molar-refractivity contribution in [3.05, 3.63) is 40.3 Å². The average Bonchev–Trinajstić information content (AvgIpc) is 3.23. The summed E-state index contributed by atoms with van der Waals surface area (Å²) >= 11 is 1.82. The summed E-state index contributed by atoms with van der Waals surface area (Å²) in [5.41, 5.74) is 2.47. The summed E-state index contributed by atoms with van der Waals surface area (Å²) in [6.07, 6.45) is 2.61. The molecule has 4 rings (SSSR count). The number of methoxy groups -OCH3 is 1. The van der Waals surface area contributed by atoms with Gasteiger partial charge in [0.2, 0.25) is 0 Å². The zero-order valence-corrected chi connectivity index (χ0v) is 18.8. The quantitative estimate of drug-likeness (QED) is 0.712. The Balaban J connectivity index is 1.31. The van der Waals surface area contributed by atoms with Crippen molar-refractivity contribution >= 4 is 17.0 Å². The highest BCUT2D eigenvalue weighted by atomic mass is 32.1. The van der Waals surface area contributed by atoms with Crippen LogP contribution in [-0.2, 0) is 6.54 Å². The monoisotopic (exact) mass is 414 g/mol. The summed E-state index contributed by atoms with van der Waals surface area (Å²) in [4.78, 5) is 12.6. The van der Waals surface area contributed by atoms with Crippen LogP contribution in [0.3, 0.4) is 0 Å². The van der Waals surface area contributed by atoms with Crippen LogP contribution in [-0.4, -0.2) is 67.2 Å². The first-order valence-electron chi connectivity index (χ1n) is 10.9. The van der Waals surface area contributed by atoms with Gasteiger partial charge < -0.3 is 9.64 Å². The van der Waals surface area contributed by atoms with Crippen LogP contribution in [0.15, 0.2) is 29.6 Å². The van der Waals surface area contributed by atoms with Crippen LogP contribution in [0, 0.1) is 0 Å². The molecular formula is C23H34N4OS. The number of para-hydroxylation sites is 2. The van der Waals surface area contributed by atoms with Crippen molar-refractivity contribution in [2.45, 2.75) is 45.2 Å². The number of likely N-dealkylation sites (tertiary alicyclic amines) is 1. The summed E-state index contributed by atoms with van der Waals surface area (Å²) in [7, 11) is 1.76. The number of hydrogen-bond acceptors (Lipinski definition) is 6. The number of anilines is 1. The van der Waals surface area contributed by atoms with Crippen molar-refractivity contribution in [3.63, 3.8) is 0 Å². The van der Waals surface area contributed by atoms with E-state index in [9.17, 15) is 0 Å². The van der Waals surface area contributed by atoms with Crippen molar-refractivity contribution in [2.24, 2.45) is 0 Å². The molecule has 0 amide bonds. The fourth-order valence-corrected chi connectivity index (χ4v) is 5.54. The van der Waals surface area contributed by atoms with E-state index in [0.717, 1.165) is 38.5 Å². The molecule has 2 aliphatic rings. The second kappa shape index (κ2) is 9.45. The second-order valence-corrected chi connectivity index (χ2v) is 9.49. The molecule has 2 aliphatic heterocycles. The lowest BCUT2D eigenvalue weighted by Gasteiger charge is -2.44. The summed E-state index contributed by atoms with van der Waals surface area (Å²) in [6.45, 7) is 12.2. The van der Waals surface area contributed by atoms with E-state index in [1.807, 2.05) is 17.4 Å². The molecule has 158 valence electrons. The minimum Gasteiger partial charge on any atom is -0.495 e. The molecule has 0 unspecified atom stereocenters. The summed E-state index contributed by atoms with van der Waals surface area (Å²) in [6, 6.07) is 9.06. The van der Waals surface area contributed by atoms with Gasteiger partial charge in [0, 0.05) is 44.1 Å². The molecule has 0 saturated carbocycles. The Hall–Kier alpha value is -1.63. The molecule has 1 aromatic carbocycles. The highest BCUT2D eigenvalue weighted by Crippen LogP contribution is 2.29. The lowest BCUT2D eigenvalue weighted by atomic mass is 10.0. The van der Waals surface area contributed by atoms with Gasteiger partial charge in [-0.1, -0.05) is 26.0 Å². The zero-order chi connectivity index (χ0) is 20.2. The van der Waals surface area contributed by atoms with Gasteiger partial charge in [-0.15, -0.1) is 11.3 Å². The maximum Gasteiger partial charge on any atom is 0.142 e. The van der Waals surface area contributed by atoms with E-state index in [0.29, 0.717) is 12.0 Å². The lowest BCUT2D eigenvalue weighted by Crippen LogP contribution is -2.55. The fourth-order valence-electron chi connectivity index (χ4n) is 4.55. The molecule has 2 aromatic rings. The molecule has 3 heterocycles. The fraction of sp³-hybridized carbons (Fsp3) is 0.609. The van der Waals surface area contributed by atoms with E-state index in [1.54, 1.807) is 7.11 Å². The third-order valence-corrected chi connectivity index (χ3v) is 7.11. The van der Waals surface area contributed by atoms with Gasteiger partial charge in [-0.05, 0) is 37.4 Å². The van der Waals surface area contributed by atoms with Gasteiger partial charge in [0.25, 0.3) is 0 Å². The van der Waals surface area contributed by atoms with Crippen molar-refractivity contribution in [1.82, 2.24) is 14.8 Å². The predicted molar refractivity (Wildman–Crippen MR) is 121 cm³/mol. The van der Waals surface area contributed by atoms with Crippen LogP contribution in [0.25, 0.3) is 0 Å². The summed E-state index contributed by atoms with van der Waals surface area (Å²) < 4.78 is 5.56. The Morgan fingerprint density at radius 1 is 1.14 bits per heavy atom. The Morgan fingerprint density at radius 2 is 1.93 bits per heavy atom. The number of ether oxygens (including phenoxy) is 1. The first-order valence-corrected chi connectivity index (χ1v) is 11.8. The molecule has 2 saturated heterocycles. The van der Waals surface area contributed by atoms with Gasteiger partial charge in [-0.3, -0.25) is 9.80 Å². The molecule has 1 atom stereocenters. The number of piperidine rings is 1. The smallest absolute Gasteiger partial charge is 0.142 e. The molecular weight excluding hydrogens is 380 g/mol. The maximum absolute atomic E-state index is 5.56. The number of nitrogens with zero attached hydrogens (tertiary/aromatic N) is 4. The van der Waals surface area contributed by atoms with E-state index in [4.69, 9.17) is 9.72 Å². The highest BCUT2D eigenvalue weighted by Gasteiger charge is 2.29. The Labute approximate surface area is 179 Å². The van der Waals surface area contributed by atoms with E-state index >= 15 is 0 Å². The molecule has 0 aliphatic carbocycles. The average molecular weight is 415 g/mol. The zero-order valence-electron chi connectivity index (χ0n) is 18.0. The molecule has 0 spiro atoms. The van der Waals surface area contributed by atoms with Crippen LogP contribution in [0.5, 0.6) is 5.75 Å². The number of hydrogen-bond donors (Lipinski definition) is 0. The van der Waals surface area contributed by atoms with E-state index < -0.39 is 0 Å². The first-order chi connectivity index (χ1) is 14.1. The molecule has 0 N–H and O–H groups in total.